The summed E-state index contributed by atoms with van der Waals surface area (Å²) in [7, 11) is 0. The number of carbonyl (C=O) groups is 2. The number of nitrogens with one attached hydrogen (secondary N) is 2. The lowest BCUT2D eigenvalue weighted by Gasteiger charge is -2.22. The highest BCUT2D eigenvalue weighted by atomic mass is 16.6. The van der Waals surface area contributed by atoms with Crippen LogP contribution in [0.5, 0.6) is 0 Å². The summed E-state index contributed by atoms with van der Waals surface area (Å²) in [5, 5.41) is 10.9. The van der Waals surface area contributed by atoms with E-state index in [9.17, 15) is 19.2 Å². The molecule has 0 aliphatic heterocycles. The predicted octanol–water partition coefficient (Wildman–Crippen LogP) is 0.195. The number of nitrogens with zero attached hydrogens (tertiary/aromatic N) is 2. The molecule has 0 fully saturated rings. The maximum absolute atomic E-state index is 12.0. The number of hydrogen-bond donors (Lipinski definition) is 2. The minimum atomic E-state index is -1.13. The molecule has 1 heterocycles. The van der Waals surface area contributed by atoms with Crippen LogP contribution in [0, 0.1) is 18.3 Å². The summed E-state index contributed by atoms with van der Waals surface area (Å²) in [6, 6.07) is 0.532. The number of aromatic amines is 1. The van der Waals surface area contributed by atoms with Crippen molar-refractivity contribution in [2.24, 2.45) is 0 Å². The Hall–Kier alpha value is -3.09. The van der Waals surface area contributed by atoms with Gasteiger partial charge < -0.3 is 19.4 Å². The standard InChI is InChI=1S/C16H22N4O6/c1-10-9-20(14(23)19-12(10)21)7-5-11(13(22)25-8-6-17)18-15(24)26-16(2,3)4/h9,11H,5,7-8H2,1-4H3,(H,18,24)(H,19,21,23)/t11-/m0/s1. The number of carbonyl (C=O) groups excluding carboxylic acids is 2. The first kappa shape index (κ1) is 21.0. The molecule has 1 aromatic heterocycles. The zero-order valence-corrected chi connectivity index (χ0v) is 15.1. The van der Waals surface area contributed by atoms with Crippen LogP contribution in [0.1, 0.15) is 32.8 Å². The van der Waals surface area contributed by atoms with Crippen molar-refractivity contribution in [2.45, 2.75) is 52.3 Å². The Morgan fingerprint density at radius 1 is 1.38 bits per heavy atom. The number of aryl methyl sites for hydroxylation is 2. The molecule has 0 saturated heterocycles. The highest BCUT2D eigenvalue weighted by Gasteiger charge is 2.25. The fourth-order valence-electron chi connectivity index (χ4n) is 1.96. The molecule has 1 rings (SSSR count). The number of ether oxygens (including phenoxy) is 2. The Balaban J connectivity index is 2.88. The number of amides is 1. The minimum Gasteiger partial charge on any atom is -0.449 e. The van der Waals surface area contributed by atoms with Crippen molar-refractivity contribution in [1.29, 1.82) is 5.26 Å². The van der Waals surface area contributed by atoms with E-state index in [1.54, 1.807) is 26.8 Å². The number of nitriles is 1. The number of aromatic nitrogens is 2. The van der Waals surface area contributed by atoms with Gasteiger partial charge in [0.05, 0.1) is 0 Å². The fourth-order valence-corrected chi connectivity index (χ4v) is 1.96. The largest absolute Gasteiger partial charge is 0.449 e. The van der Waals surface area contributed by atoms with E-state index in [1.165, 1.54) is 17.7 Å². The second-order valence-corrected chi connectivity index (χ2v) is 6.52. The third kappa shape index (κ3) is 6.80. The van der Waals surface area contributed by atoms with E-state index in [4.69, 9.17) is 14.7 Å². The second kappa shape index (κ2) is 8.84. The van der Waals surface area contributed by atoms with Crippen LogP contribution in [0.15, 0.2) is 15.8 Å². The molecule has 10 heteroatoms. The Labute approximate surface area is 149 Å². The molecule has 0 saturated carbocycles. The van der Waals surface area contributed by atoms with Gasteiger partial charge in [0.2, 0.25) is 0 Å². The molecular formula is C16H22N4O6. The van der Waals surface area contributed by atoms with E-state index in [0.29, 0.717) is 5.56 Å². The zero-order chi connectivity index (χ0) is 19.9. The summed E-state index contributed by atoms with van der Waals surface area (Å²) in [5.74, 6) is -0.827. The Morgan fingerprint density at radius 3 is 2.62 bits per heavy atom. The molecule has 10 nitrogen and oxygen atoms in total. The van der Waals surface area contributed by atoms with Gasteiger partial charge in [0.1, 0.15) is 17.7 Å². The molecule has 0 unspecified atom stereocenters. The first-order valence-corrected chi connectivity index (χ1v) is 7.87. The van der Waals surface area contributed by atoms with Gasteiger partial charge in [-0.1, -0.05) is 0 Å². The quantitative estimate of drug-likeness (QED) is 0.684. The molecule has 142 valence electrons. The smallest absolute Gasteiger partial charge is 0.408 e. The molecule has 0 aliphatic carbocycles. The summed E-state index contributed by atoms with van der Waals surface area (Å²) < 4.78 is 11.0. The lowest BCUT2D eigenvalue weighted by molar-refractivity contribution is -0.145. The summed E-state index contributed by atoms with van der Waals surface area (Å²) in [4.78, 5) is 49.3. The highest BCUT2D eigenvalue weighted by Crippen LogP contribution is 2.08. The minimum absolute atomic E-state index is 0.00506. The first-order valence-electron chi connectivity index (χ1n) is 7.87. The summed E-state index contributed by atoms with van der Waals surface area (Å²) in [5.41, 5.74) is -1.57. The molecule has 0 aliphatic rings. The lowest BCUT2D eigenvalue weighted by Crippen LogP contribution is -2.45. The van der Waals surface area contributed by atoms with Gasteiger partial charge in [0, 0.05) is 18.3 Å². The van der Waals surface area contributed by atoms with Crippen LogP contribution in [0.3, 0.4) is 0 Å². The topological polar surface area (TPSA) is 143 Å². The van der Waals surface area contributed by atoms with Gasteiger partial charge in [0.25, 0.3) is 5.56 Å². The Kier molecular flexibility index (Phi) is 7.13. The van der Waals surface area contributed by atoms with Crippen molar-refractivity contribution in [2.75, 3.05) is 6.61 Å². The van der Waals surface area contributed by atoms with Crippen LogP contribution >= 0.6 is 0 Å². The molecular weight excluding hydrogens is 344 g/mol. The van der Waals surface area contributed by atoms with Gasteiger partial charge in [-0.3, -0.25) is 9.78 Å². The predicted molar refractivity (Wildman–Crippen MR) is 90.4 cm³/mol. The molecule has 0 aromatic carbocycles. The van der Waals surface area contributed by atoms with Crippen LogP contribution in [0.25, 0.3) is 0 Å². The summed E-state index contributed by atoms with van der Waals surface area (Å²) in [6.45, 7) is 6.09. The fraction of sp³-hybridized carbons (Fsp3) is 0.562. The number of hydrogen-bond acceptors (Lipinski definition) is 7. The van der Waals surface area contributed by atoms with E-state index in [1.807, 2.05) is 0 Å². The van der Waals surface area contributed by atoms with E-state index in [-0.39, 0.29) is 13.0 Å². The van der Waals surface area contributed by atoms with Crippen LogP contribution in [-0.2, 0) is 20.8 Å². The molecule has 0 spiro atoms. The van der Waals surface area contributed by atoms with Gasteiger partial charge in [-0.15, -0.1) is 0 Å². The van der Waals surface area contributed by atoms with Crippen molar-refractivity contribution < 1.29 is 19.1 Å². The van der Waals surface area contributed by atoms with E-state index in [2.05, 4.69) is 10.3 Å². The van der Waals surface area contributed by atoms with Crippen molar-refractivity contribution in [3.8, 4) is 6.07 Å². The van der Waals surface area contributed by atoms with Crippen molar-refractivity contribution >= 4 is 12.1 Å². The summed E-state index contributed by atoms with van der Waals surface area (Å²) in [6.07, 6.45) is 0.516. The van der Waals surface area contributed by atoms with Crippen LogP contribution in [-0.4, -0.2) is 39.9 Å². The number of alkyl carbamates (subject to hydrolysis) is 1. The zero-order valence-electron chi connectivity index (χ0n) is 15.1. The van der Waals surface area contributed by atoms with Crippen molar-refractivity contribution in [1.82, 2.24) is 14.9 Å². The van der Waals surface area contributed by atoms with Gasteiger partial charge in [0.15, 0.2) is 6.61 Å². The molecule has 1 aromatic rings. The average Bonchev–Trinajstić information content (AvgIpc) is 2.51. The maximum atomic E-state index is 12.0. The monoisotopic (exact) mass is 366 g/mol. The molecule has 2 N–H and O–H groups in total. The third-order valence-corrected chi connectivity index (χ3v) is 3.10. The molecule has 0 radical (unpaired) electrons. The molecule has 26 heavy (non-hydrogen) atoms. The van der Waals surface area contributed by atoms with Crippen LogP contribution in [0.2, 0.25) is 0 Å². The lowest BCUT2D eigenvalue weighted by atomic mass is 10.2. The van der Waals surface area contributed by atoms with Gasteiger partial charge >= 0.3 is 17.8 Å². The van der Waals surface area contributed by atoms with E-state index >= 15 is 0 Å². The van der Waals surface area contributed by atoms with Gasteiger partial charge in [-0.25, -0.2) is 14.4 Å². The number of H-pyrrole nitrogens is 1. The third-order valence-electron chi connectivity index (χ3n) is 3.10. The molecule has 0 bridgehead atoms. The SMILES string of the molecule is Cc1cn(CC[C@H](NC(=O)OC(C)(C)C)C(=O)OCC#N)c(=O)[nH]c1=O. The molecule has 1 atom stereocenters. The van der Waals surface area contributed by atoms with Crippen LogP contribution < -0.4 is 16.6 Å². The second-order valence-electron chi connectivity index (χ2n) is 6.52. The Morgan fingerprint density at radius 2 is 2.04 bits per heavy atom. The number of rotatable bonds is 6. The Bertz CT molecular complexity index is 812. The normalized spacial score (nSPS) is 12.0. The first-order chi connectivity index (χ1) is 12.0. The van der Waals surface area contributed by atoms with Gasteiger partial charge in [-0.05, 0) is 34.1 Å². The average molecular weight is 366 g/mol. The van der Waals surface area contributed by atoms with Gasteiger partial charge in [-0.2, -0.15) is 5.26 Å². The summed E-state index contributed by atoms with van der Waals surface area (Å²) >= 11 is 0. The molecule has 1 amide bonds. The van der Waals surface area contributed by atoms with Crippen molar-refractivity contribution in [3.05, 3.63) is 32.6 Å². The maximum Gasteiger partial charge on any atom is 0.408 e. The van der Waals surface area contributed by atoms with E-state index < -0.39 is 41.6 Å². The van der Waals surface area contributed by atoms with E-state index in [0.717, 1.165) is 0 Å². The van der Waals surface area contributed by atoms with Crippen LogP contribution in [0.4, 0.5) is 4.79 Å². The van der Waals surface area contributed by atoms with Crippen molar-refractivity contribution in [3.63, 3.8) is 0 Å². The highest BCUT2D eigenvalue weighted by molar-refractivity contribution is 5.81. The number of esters is 1.